The van der Waals surface area contributed by atoms with Crippen LogP contribution in [0.2, 0.25) is 0 Å². The molecule has 1 aliphatic carbocycles. The molecule has 0 unspecified atom stereocenters. The molecular weight excluding hydrogens is 326 g/mol. The summed E-state index contributed by atoms with van der Waals surface area (Å²) < 4.78 is 0. The van der Waals surface area contributed by atoms with Gasteiger partial charge in [-0.1, -0.05) is 34.6 Å². The van der Waals surface area contributed by atoms with Crippen LogP contribution >= 0.6 is 0 Å². The van der Waals surface area contributed by atoms with E-state index in [4.69, 9.17) is 4.98 Å². The predicted molar refractivity (Wildman–Crippen MR) is 100 cm³/mol. The third kappa shape index (κ3) is 4.42. The highest BCUT2D eigenvalue weighted by molar-refractivity contribution is 5.77. The molecule has 2 aromatic rings. The predicted octanol–water partition coefficient (Wildman–Crippen LogP) is 3.50. The van der Waals surface area contributed by atoms with Gasteiger partial charge in [0.2, 0.25) is 5.91 Å². The van der Waals surface area contributed by atoms with Crippen molar-refractivity contribution < 1.29 is 4.79 Å². The SMILES string of the molecule is CC(C)(C)CC(=O)N[C@@H]1CC(C)(C)Cc2nc(-c3cnccn3)ncc21. The number of carbonyl (C=O) groups is 1. The minimum atomic E-state index is -0.0560. The van der Waals surface area contributed by atoms with Gasteiger partial charge in [-0.05, 0) is 23.7 Å². The number of fused-ring (bicyclic) bond motifs is 1. The van der Waals surface area contributed by atoms with Crippen LogP contribution in [0.25, 0.3) is 11.5 Å². The Bertz CT molecular complexity index is 796. The average molecular weight is 353 g/mol. The number of carbonyl (C=O) groups excluding carboxylic acids is 1. The largest absolute Gasteiger partial charge is 0.349 e. The summed E-state index contributed by atoms with van der Waals surface area (Å²) in [5.74, 6) is 0.651. The lowest BCUT2D eigenvalue weighted by Crippen LogP contribution is -2.38. The van der Waals surface area contributed by atoms with Crippen molar-refractivity contribution in [3.8, 4) is 11.5 Å². The standard InChI is InChI=1S/C20H27N5O/c1-19(2,3)10-17(26)24-14-8-20(4,5)9-15-13(14)11-23-18(25-15)16-12-21-6-7-22-16/h6-7,11-12,14H,8-10H2,1-5H3,(H,24,26)/t14-/m1/s1. The highest BCUT2D eigenvalue weighted by atomic mass is 16.1. The van der Waals surface area contributed by atoms with Crippen LogP contribution in [-0.4, -0.2) is 25.8 Å². The van der Waals surface area contributed by atoms with Crippen molar-refractivity contribution in [3.63, 3.8) is 0 Å². The van der Waals surface area contributed by atoms with Crippen LogP contribution in [-0.2, 0) is 11.2 Å². The fraction of sp³-hybridized carbons (Fsp3) is 0.550. The monoisotopic (exact) mass is 353 g/mol. The molecule has 1 atom stereocenters. The van der Waals surface area contributed by atoms with Gasteiger partial charge in [-0.15, -0.1) is 0 Å². The molecule has 0 saturated heterocycles. The maximum absolute atomic E-state index is 12.5. The first-order chi connectivity index (χ1) is 12.1. The van der Waals surface area contributed by atoms with E-state index in [1.54, 1.807) is 18.6 Å². The van der Waals surface area contributed by atoms with Crippen molar-refractivity contribution in [2.24, 2.45) is 10.8 Å². The average Bonchev–Trinajstić information content (AvgIpc) is 2.52. The first-order valence-electron chi connectivity index (χ1n) is 9.05. The quantitative estimate of drug-likeness (QED) is 0.913. The normalized spacial score (nSPS) is 18.9. The van der Waals surface area contributed by atoms with Gasteiger partial charge in [-0.2, -0.15) is 0 Å². The van der Waals surface area contributed by atoms with Crippen LogP contribution in [0.15, 0.2) is 24.8 Å². The van der Waals surface area contributed by atoms with Crippen molar-refractivity contribution in [3.05, 3.63) is 36.0 Å². The molecule has 0 saturated carbocycles. The Morgan fingerprint density at radius 3 is 2.65 bits per heavy atom. The smallest absolute Gasteiger partial charge is 0.221 e. The third-order valence-corrected chi connectivity index (χ3v) is 4.50. The molecule has 2 aromatic heterocycles. The zero-order chi connectivity index (χ0) is 18.9. The van der Waals surface area contributed by atoms with Crippen molar-refractivity contribution in [2.75, 3.05) is 0 Å². The van der Waals surface area contributed by atoms with Gasteiger partial charge in [0.1, 0.15) is 5.69 Å². The second-order valence-corrected chi connectivity index (χ2v) is 9.09. The molecule has 0 spiro atoms. The Hall–Kier alpha value is -2.37. The first kappa shape index (κ1) is 18.4. The summed E-state index contributed by atoms with van der Waals surface area (Å²) >= 11 is 0. The molecule has 0 fully saturated rings. The number of hydrogen-bond donors (Lipinski definition) is 1. The molecule has 6 nitrogen and oxygen atoms in total. The van der Waals surface area contributed by atoms with Crippen molar-refractivity contribution in [1.82, 2.24) is 25.3 Å². The summed E-state index contributed by atoms with van der Waals surface area (Å²) in [7, 11) is 0. The second-order valence-electron chi connectivity index (χ2n) is 9.09. The summed E-state index contributed by atoms with van der Waals surface area (Å²) in [6.45, 7) is 10.6. The van der Waals surface area contributed by atoms with Crippen molar-refractivity contribution in [2.45, 2.75) is 59.9 Å². The van der Waals surface area contributed by atoms with E-state index in [1.165, 1.54) is 0 Å². The van der Waals surface area contributed by atoms with E-state index >= 15 is 0 Å². The van der Waals surface area contributed by atoms with Gasteiger partial charge in [-0.25, -0.2) is 15.0 Å². The number of nitrogens with one attached hydrogen (secondary N) is 1. The van der Waals surface area contributed by atoms with Gasteiger partial charge >= 0.3 is 0 Å². The van der Waals surface area contributed by atoms with E-state index in [9.17, 15) is 4.79 Å². The van der Waals surface area contributed by atoms with E-state index < -0.39 is 0 Å². The number of nitrogens with zero attached hydrogens (tertiary/aromatic N) is 4. The van der Waals surface area contributed by atoms with Gasteiger partial charge in [0, 0.05) is 30.6 Å². The van der Waals surface area contributed by atoms with E-state index in [0.717, 1.165) is 24.1 Å². The van der Waals surface area contributed by atoms with Gasteiger partial charge in [0.15, 0.2) is 5.82 Å². The van der Waals surface area contributed by atoms with E-state index in [2.05, 4.69) is 54.9 Å². The third-order valence-electron chi connectivity index (χ3n) is 4.50. The molecule has 1 N–H and O–H groups in total. The number of amides is 1. The van der Waals surface area contributed by atoms with Crippen LogP contribution < -0.4 is 5.32 Å². The minimum absolute atomic E-state index is 0.0383. The van der Waals surface area contributed by atoms with Gasteiger partial charge < -0.3 is 5.32 Å². The Morgan fingerprint density at radius 1 is 1.23 bits per heavy atom. The molecule has 2 heterocycles. The number of aromatic nitrogens is 4. The van der Waals surface area contributed by atoms with Crippen LogP contribution in [0.3, 0.4) is 0 Å². The first-order valence-corrected chi connectivity index (χ1v) is 9.05. The van der Waals surface area contributed by atoms with Crippen molar-refractivity contribution in [1.29, 1.82) is 0 Å². The molecule has 1 aliphatic rings. The van der Waals surface area contributed by atoms with Crippen LogP contribution in [0.4, 0.5) is 0 Å². The second kappa shape index (κ2) is 6.74. The molecule has 0 aliphatic heterocycles. The minimum Gasteiger partial charge on any atom is -0.349 e. The molecule has 1 amide bonds. The lowest BCUT2D eigenvalue weighted by molar-refractivity contribution is -0.123. The van der Waals surface area contributed by atoms with E-state index in [0.29, 0.717) is 17.9 Å². The van der Waals surface area contributed by atoms with Crippen LogP contribution in [0.5, 0.6) is 0 Å². The van der Waals surface area contributed by atoms with Gasteiger partial charge in [0.05, 0.1) is 17.9 Å². The summed E-state index contributed by atoms with van der Waals surface area (Å²) in [4.78, 5) is 30.1. The maximum Gasteiger partial charge on any atom is 0.221 e. The van der Waals surface area contributed by atoms with E-state index in [-0.39, 0.29) is 22.8 Å². The number of rotatable bonds is 3. The summed E-state index contributed by atoms with van der Waals surface area (Å²) in [5.41, 5.74) is 2.67. The highest BCUT2D eigenvalue weighted by Crippen LogP contribution is 2.40. The Morgan fingerprint density at radius 2 is 2.00 bits per heavy atom. The fourth-order valence-corrected chi connectivity index (χ4v) is 3.44. The summed E-state index contributed by atoms with van der Waals surface area (Å²) in [5, 5.41) is 3.20. The van der Waals surface area contributed by atoms with E-state index in [1.807, 2.05) is 6.20 Å². The zero-order valence-electron chi connectivity index (χ0n) is 16.2. The van der Waals surface area contributed by atoms with Crippen LogP contribution in [0.1, 0.15) is 64.8 Å². The molecular formula is C20H27N5O. The van der Waals surface area contributed by atoms with Crippen molar-refractivity contribution >= 4 is 5.91 Å². The Kier molecular flexibility index (Phi) is 4.78. The molecule has 0 aromatic carbocycles. The lowest BCUT2D eigenvalue weighted by atomic mass is 9.74. The summed E-state index contributed by atoms with van der Waals surface area (Å²) in [6, 6.07) is -0.0560. The molecule has 26 heavy (non-hydrogen) atoms. The molecule has 0 radical (unpaired) electrons. The lowest BCUT2D eigenvalue weighted by Gasteiger charge is -2.36. The summed E-state index contributed by atoms with van der Waals surface area (Å²) in [6.07, 6.45) is 9.00. The maximum atomic E-state index is 12.5. The number of hydrogen-bond acceptors (Lipinski definition) is 5. The van der Waals surface area contributed by atoms with Gasteiger partial charge in [-0.3, -0.25) is 9.78 Å². The highest BCUT2D eigenvalue weighted by Gasteiger charge is 2.35. The molecule has 138 valence electrons. The van der Waals surface area contributed by atoms with Gasteiger partial charge in [0.25, 0.3) is 0 Å². The Labute approximate surface area is 154 Å². The molecule has 0 bridgehead atoms. The molecule has 3 rings (SSSR count). The fourth-order valence-electron chi connectivity index (χ4n) is 3.44. The topological polar surface area (TPSA) is 80.7 Å². The van der Waals surface area contributed by atoms with Crippen LogP contribution in [0, 0.1) is 10.8 Å². The molecule has 6 heteroatoms. The zero-order valence-corrected chi connectivity index (χ0v) is 16.2. The Balaban J connectivity index is 1.89.